The second-order valence-electron chi connectivity index (χ2n) is 5.11. The quantitative estimate of drug-likeness (QED) is 0.742. The number of anilines is 1. The molecule has 1 aromatic carbocycles. The summed E-state index contributed by atoms with van der Waals surface area (Å²) in [5, 5.41) is 2.81. The maximum absolute atomic E-state index is 12.7. The summed E-state index contributed by atoms with van der Waals surface area (Å²) < 4.78 is 4.79. The van der Waals surface area contributed by atoms with Crippen molar-refractivity contribution in [2.75, 3.05) is 12.4 Å². The Balaban J connectivity index is 2.03. The van der Waals surface area contributed by atoms with Gasteiger partial charge in [-0.25, -0.2) is 4.79 Å². The molecule has 0 bridgehead atoms. The first-order chi connectivity index (χ1) is 12.2. The predicted molar refractivity (Wildman–Crippen MR) is 93.2 cm³/mol. The van der Waals surface area contributed by atoms with E-state index < -0.39 is 5.97 Å². The Kier molecular flexibility index (Phi) is 4.80. The van der Waals surface area contributed by atoms with Gasteiger partial charge >= 0.3 is 5.97 Å². The Hall–Kier alpha value is -3.54. The molecule has 1 N–H and O–H groups in total. The number of hydrogen-bond donors (Lipinski definition) is 1. The van der Waals surface area contributed by atoms with E-state index in [9.17, 15) is 9.59 Å². The molecule has 0 saturated heterocycles. The van der Waals surface area contributed by atoms with Crippen molar-refractivity contribution >= 4 is 17.6 Å². The summed E-state index contributed by atoms with van der Waals surface area (Å²) in [5.41, 5.74) is 1.84. The number of ether oxygens (including phenoxy) is 1. The first kappa shape index (κ1) is 16.3. The summed E-state index contributed by atoms with van der Waals surface area (Å²) in [4.78, 5) is 33.1. The van der Waals surface area contributed by atoms with Crippen LogP contribution in [0.2, 0.25) is 0 Å². The number of rotatable bonds is 4. The van der Waals surface area contributed by atoms with E-state index in [1.165, 1.54) is 13.3 Å². The number of methoxy groups -OCH3 is 1. The van der Waals surface area contributed by atoms with Crippen molar-refractivity contribution in [1.82, 2.24) is 9.97 Å². The second-order valence-corrected chi connectivity index (χ2v) is 5.11. The predicted octanol–water partition coefficient (Wildman–Crippen LogP) is 3.18. The monoisotopic (exact) mass is 333 g/mol. The molecule has 3 aromatic rings. The van der Waals surface area contributed by atoms with Crippen LogP contribution >= 0.6 is 0 Å². The van der Waals surface area contributed by atoms with Crippen LogP contribution in [0.1, 0.15) is 20.7 Å². The largest absolute Gasteiger partial charge is 0.465 e. The lowest BCUT2D eigenvalue weighted by Crippen LogP contribution is -2.15. The maximum atomic E-state index is 12.7. The third kappa shape index (κ3) is 3.53. The normalized spacial score (nSPS) is 10.1. The number of aromatic nitrogens is 2. The molecule has 0 aliphatic carbocycles. The van der Waals surface area contributed by atoms with Gasteiger partial charge in [0, 0.05) is 18.1 Å². The Morgan fingerprint density at radius 2 is 1.44 bits per heavy atom. The number of hydrogen-bond acceptors (Lipinski definition) is 5. The highest BCUT2D eigenvalue weighted by Gasteiger charge is 2.20. The number of para-hydroxylation sites is 1. The summed E-state index contributed by atoms with van der Waals surface area (Å²) in [5.74, 6) is -0.876. The lowest BCUT2D eigenvalue weighted by molar-refractivity contribution is 0.0601. The summed E-state index contributed by atoms with van der Waals surface area (Å²) >= 11 is 0. The van der Waals surface area contributed by atoms with Crippen LogP contribution < -0.4 is 5.32 Å². The van der Waals surface area contributed by atoms with Crippen LogP contribution in [0, 0.1) is 0 Å². The van der Waals surface area contributed by atoms with Gasteiger partial charge in [0.15, 0.2) is 0 Å². The van der Waals surface area contributed by atoms with Crippen molar-refractivity contribution in [1.29, 1.82) is 0 Å². The Morgan fingerprint density at radius 1 is 0.840 bits per heavy atom. The molecule has 0 aliphatic rings. The summed E-state index contributed by atoms with van der Waals surface area (Å²) in [6.07, 6.45) is 3.08. The third-order valence-corrected chi connectivity index (χ3v) is 3.52. The van der Waals surface area contributed by atoms with Crippen LogP contribution in [0.4, 0.5) is 5.69 Å². The number of pyridine rings is 2. The fourth-order valence-electron chi connectivity index (χ4n) is 2.37. The standard InChI is InChI=1S/C19H15N3O3/c1-25-19(24)15-10-6-12-21-17(15)16-14(9-5-11-20-16)18(23)22-13-7-3-2-4-8-13/h2-12H,1H3,(H,22,23). The van der Waals surface area contributed by atoms with Crippen molar-refractivity contribution in [3.63, 3.8) is 0 Å². The SMILES string of the molecule is COC(=O)c1cccnc1-c1ncccc1C(=O)Nc1ccccc1. The van der Waals surface area contributed by atoms with E-state index >= 15 is 0 Å². The van der Waals surface area contributed by atoms with Gasteiger partial charge in [0.2, 0.25) is 0 Å². The first-order valence-electron chi connectivity index (χ1n) is 7.56. The molecule has 6 nitrogen and oxygen atoms in total. The smallest absolute Gasteiger partial charge is 0.340 e. The Morgan fingerprint density at radius 3 is 2.08 bits per heavy atom. The van der Waals surface area contributed by atoms with Gasteiger partial charge in [-0.2, -0.15) is 0 Å². The van der Waals surface area contributed by atoms with E-state index in [0.29, 0.717) is 22.6 Å². The number of nitrogens with zero attached hydrogens (tertiary/aromatic N) is 2. The fourth-order valence-corrected chi connectivity index (χ4v) is 2.37. The van der Waals surface area contributed by atoms with E-state index in [1.807, 2.05) is 18.2 Å². The van der Waals surface area contributed by atoms with Crippen LogP contribution in [0.3, 0.4) is 0 Å². The van der Waals surface area contributed by atoms with Gasteiger partial charge < -0.3 is 10.1 Å². The number of carbonyl (C=O) groups is 2. The molecule has 0 fully saturated rings. The average Bonchev–Trinajstić information content (AvgIpc) is 2.68. The molecule has 6 heteroatoms. The molecule has 25 heavy (non-hydrogen) atoms. The highest BCUT2D eigenvalue weighted by Crippen LogP contribution is 2.24. The van der Waals surface area contributed by atoms with Crippen LogP contribution in [0.15, 0.2) is 67.0 Å². The Bertz CT molecular complexity index is 911. The second kappa shape index (κ2) is 7.35. The van der Waals surface area contributed by atoms with Gasteiger partial charge in [-0.15, -0.1) is 0 Å². The van der Waals surface area contributed by atoms with Crippen molar-refractivity contribution in [2.24, 2.45) is 0 Å². The summed E-state index contributed by atoms with van der Waals surface area (Å²) in [7, 11) is 1.29. The molecule has 2 heterocycles. The van der Waals surface area contributed by atoms with Gasteiger partial charge in [-0.05, 0) is 36.4 Å². The minimum absolute atomic E-state index is 0.248. The summed E-state index contributed by atoms with van der Waals surface area (Å²) in [6.45, 7) is 0. The molecule has 0 unspecified atom stereocenters. The van der Waals surface area contributed by atoms with Gasteiger partial charge in [0.25, 0.3) is 5.91 Å². The van der Waals surface area contributed by atoms with Crippen molar-refractivity contribution < 1.29 is 14.3 Å². The van der Waals surface area contributed by atoms with Crippen molar-refractivity contribution in [3.8, 4) is 11.4 Å². The van der Waals surface area contributed by atoms with Crippen LogP contribution in [0.25, 0.3) is 11.4 Å². The zero-order valence-electron chi connectivity index (χ0n) is 13.5. The molecule has 0 spiro atoms. The third-order valence-electron chi connectivity index (χ3n) is 3.52. The number of benzene rings is 1. The summed E-state index contributed by atoms with van der Waals surface area (Å²) in [6, 6.07) is 15.6. The molecule has 2 aromatic heterocycles. The van der Waals surface area contributed by atoms with Gasteiger partial charge in [0.05, 0.1) is 18.2 Å². The fraction of sp³-hybridized carbons (Fsp3) is 0.0526. The zero-order valence-corrected chi connectivity index (χ0v) is 13.5. The van der Waals surface area contributed by atoms with Crippen LogP contribution in [0.5, 0.6) is 0 Å². The maximum Gasteiger partial charge on any atom is 0.340 e. The molecular weight excluding hydrogens is 318 g/mol. The van der Waals surface area contributed by atoms with Crippen LogP contribution in [-0.2, 0) is 4.74 Å². The van der Waals surface area contributed by atoms with E-state index in [2.05, 4.69) is 15.3 Å². The molecule has 0 aliphatic heterocycles. The number of nitrogens with one attached hydrogen (secondary N) is 1. The first-order valence-corrected chi connectivity index (χ1v) is 7.56. The minimum atomic E-state index is -0.539. The molecule has 0 radical (unpaired) electrons. The molecule has 124 valence electrons. The average molecular weight is 333 g/mol. The molecule has 1 amide bonds. The van der Waals surface area contributed by atoms with E-state index in [4.69, 9.17) is 4.74 Å². The number of esters is 1. The van der Waals surface area contributed by atoms with E-state index in [-0.39, 0.29) is 11.5 Å². The minimum Gasteiger partial charge on any atom is -0.465 e. The van der Waals surface area contributed by atoms with Crippen molar-refractivity contribution in [3.05, 3.63) is 78.1 Å². The zero-order chi connectivity index (χ0) is 17.6. The van der Waals surface area contributed by atoms with Gasteiger partial charge in [-0.1, -0.05) is 18.2 Å². The molecule has 0 atom stereocenters. The van der Waals surface area contributed by atoms with Gasteiger partial charge in [0.1, 0.15) is 11.4 Å². The van der Waals surface area contributed by atoms with E-state index in [1.54, 1.807) is 42.6 Å². The molecule has 3 rings (SSSR count). The highest BCUT2D eigenvalue weighted by atomic mass is 16.5. The number of amides is 1. The lowest BCUT2D eigenvalue weighted by Gasteiger charge is -2.11. The highest BCUT2D eigenvalue weighted by molar-refractivity contribution is 6.09. The van der Waals surface area contributed by atoms with Crippen LogP contribution in [-0.4, -0.2) is 29.0 Å². The van der Waals surface area contributed by atoms with E-state index in [0.717, 1.165) is 0 Å². The topological polar surface area (TPSA) is 81.2 Å². The molecule has 0 saturated carbocycles. The van der Waals surface area contributed by atoms with Crippen molar-refractivity contribution in [2.45, 2.75) is 0 Å². The lowest BCUT2D eigenvalue weighted by atomic mass is 10.1. The van der Waals surface area contributed by atoms with Gasteiger partial charge in [-0.3, -0.25) is 14.8 Å². The molecular formula is C19H15N3O3. The number of carbonyl (C=O) groups excluding carboxylic acids is 2. The Labute approximate surface area is 144 Å².